The van der Waals surface area contributed by atoms with E-state index < -0.39 is 0 Å². The van der Waals surface area contributed by atoms with Crippen molar-refractivity contribution in [3.8, 4) is 0 Å². The Labute approximate surface area is 131 Å². The quantitative estimate of drug-likeness (QED) is 0.356. The lowest BCUT2D eigenvalue weighted by molar-refractivity contribution is 0.488. The van der Waals surface area contributed by atoms with E-state index >= 15 is 0 Å². The Kier molecular flexibility index (Phi) is 10.0. The predicted molar refractivity (Wildman–Crippen MR) is 92.2 cm³/mol. The van der Waals surface area contributed by atoms with E-state index in [2.05, 4.69) is 53.3 Å². The van der Waals surface area contributed by atoms with Gasteiger partial charge in [-0.25, -0.2) is 4.99 Å². The van der Waals surface area contributed by atoms with Crippen molar-refractivity contribution in [1.29, 1.82) is 0 Å². The molecule has 0 aliphatic heterocycles. The number of aliphatic imine (C=N–C) groups is 1. The summed E-state index contributed by atoms with van der Waals surface area (Å²) in [6, 6.07) is 4.27. The maximum Gasteiger partial charge on any atom is 0.193 e. The second-order valence-electron chi connectivity index (χ2n) is 3.73. The van der Waals surface area contributed by atoms with E-state index in [-0.39, 0.29) is 24.0 Å². The van der Waals surface area contributed by atoms with E-state index in [1.807, 2.05) is 6.08 Å². The Morgan fingerprint density at radius 1 is 1.61 bits per heavy atom. The molecule has 1 N–H and O–H groups in total. The van der Waals surface area contributed by atoms with E-state index in [1.165, 1.54) is 4.88 Å². The summed E-state index contributed by atoms with van der Waals surface area (Å²) in [5.41, 5.74) is 0. The molecule has 0 aliphatic rings. The van der Waals surface area contributed by atoms with Gasteiger partial charge in [0.25, 0.3) is 0 Å². The van der Waals surface area contributed by atoms with Crippen LogP contribution in [0.5, 0.6) is 0 Å². The lowest BCUT2D eigenvalue weighted by Gasteiger charge is -2.21. The van der Waals surface area contributed by atoms with Gasteiger partial charge in [0.15, 0.2) is 5.96 Å². The third kappa shape index (κ3) is 6.39. The van der Waals surface area contributed by atoms with Gasteiger partial charge in [0.05, 0.1) is 6.54 Å². The van der Waals surface area contributed by atoms with Crippen molar-refractivity contribution in [2.24, 2.45) is 4.99 Å². The number of guanidine groups is 1. The molecule has 0 spiro atoms. The molecule has 1 aromatic rings. The monoisotopic (exact) mass is 379 g/mol. The molecular weight excluding hydrogens is 357 g/mol. The van der Waals surface area contributed by atoms with Gasteiger partial charge in [-0.15, -0.1) is 41.9 Å². The van der Waals surface area contributed by atoms with Crippen molar-refractivity contribution in [2.45, 2.75) is 13.3 Å². The molecule has 0 aliphatic carbocycles. The first-order valence-electron chi connectivity index (χ1n) is 5.90. The molecule has 5 heteroatoms. The van der Waals surface area contributed by atoms with Gasteiger partial charge in [-0.2, -0.15) is 0 Å². The van der Waals surface area contributed by atoms with Crippen LogP contribution < -0.4 is 5.32 Å². The third-order valence-electron chi connectivity index (χ3n) is 2.34. The van der Waals surface area contributed by atoms with Gasteiger partial charge >= 0.3 is 0 Å². The highest BCUT2D eigenvalue weighted by molar-refractivity contribution is 14.0. The molecule has 0 fully saturated rings. The standard InChI is InChI=1S/C13H21N3S.HI/c1-4-9-15-13(14-5-2)16(3)10-8-12-7-6-11-17-12;/h4,6-7,11H,1,5,8-10H2,2-3H3,(H,14,15);1H. The summed E-state index contributed by atoms with van der Waals surface area (Å²) >= 11 is 1.80. The largest absolute Gasteiger partial charge is 0.357 e. The van der Waals surface area contributed by atoms with Crippen molar-refractivity contribution < 1.29 is 0 Å². The Morgan fingerprint density at radius 2 is 2.39 bits per heavy atom. The summed E-state index contributed by atoms with van der Waals surface area (Å²) in [6.07, 6.45) is 2.87. The molecular formula is C13H22IN3S. The molecule has 0 aromatic carbocycles. The second-order valence-corrected chi connectivity index (χ2v) is 4.77. The number of likely N-dealkylation sites (N-methyl/N-ethyl adjacent to an activating group) is 1. The minimum atomic E-state index is 0. The Balaban J connectivity index is 0.00000289. The first-order valence-corrected chi connectivity index (χ1v) is 6.78. The smallest absolute Gasteiger partial charge is 0.193 e. The summed E-state index contributed by atoms with van der Waals surface area (Å²) in [4.78, 5) is 8.02. The zero-order chi connectivity index (χ0) is 12.5. The topological polar surface area (TPSA) is 27.6 Å². The number of halogens is 1. The lowest BCUT2D eigenvalue weighted by atomic mass is 10.3. The van der Waals surface area contributed by atoms with Crippen molar-refractivity contribution in [1.82, 2.24) is 10.2 Å². The molecule has 1 aromatic heterocycles. The van der Waals surface area contributed by atoms with Gasteiger partial charge in [-0.3, -0.25) is 0 Å². The van der Waals surface area contributed by atoms with Crippen LogP contribution in [-0.2, 0) is 6.42 Å². The maximum absolute atomic E-state index is 4.45. The van der Waals surface area contributed by atoms with Gasteiger partial charge < -0.3 is 10.2 Å². The molecule has 1 heterocycles. The first-order chi connectivity index (χ1) is 8.27. The van der Waals surface area contributed by atoms with Crippen LogP contribution in [-0.4, -0.2) is 37.5 Å². The Morgan fingerprint density at radius 3 is 2.94 bits per heavy atom. The Bertz CT molecular complexity index is 349. The SMILES string of the molecule is C=CCN=C(NCC)N(C)CCc1cccs1.I. The molecule has 0 saturated carbocycles. The normalized spacial score (nSPS) is 10.7. The van der Waals surface area contributed by atoms with Gasteiger partial charge in [0, 0.05) is 25.0 Å². The van der Waals surface area contributed by atoms with E-state index in [1.54, 1.807) is 11.3 Å². The van der Waals surface area contributed by atoms with E-state index in [0.717, 1.165) is 25.5 Å². The highest BCUT2D eigenvalue weighted by Crippen LogP contribution is 2.09. The molecule has 0 saturated heterocycles. The van der Waals surface area contributed by atoms with Crippen LogP contribution >= 0.6 is 35.3 Å². The van der Waals surface area contributed by atoms with Crippen molar-refractivity contribution in [3.63, 3.8) is 0 Å². The average molecular weight is 379 g/mol. The number of hydrogen-bond acceptors (Lipinski definition) is 2. The van der Waals surface area contributed by atoms with Gasteiger partial charge in [0.2, 0.25) is 0 Å². The summed E-state index contributed by atoms with van der Waals surface area (Å²) < 4.78 is 0. The highest BCUT2D eigenvalue weighted by atomic mass is 127. The molecule has 0 atom stereocenters. The molecule has 0 radical (unpaired) electrons. The van der Waals surface area contributed by atoms with Crippen LogP contribution in [0.25, 0.3) is 0 Å². The van der Waals surface area contributed by atoms with Gasteiger partial charge in [-0.1, -0.05) is 12.1 Å². The maximum atomic E-state index is 4.45. The van der Waals surface area contributed by atoms with Crippen LogP contribution in [0.3, 0.4) is 0 Å². The van der Waals surface area contributed by atoms with Crippen molar-refractivity contribution in [2.75, 3.05) is 26.7 Å². The number of hydrogen-bond donors (Lipinski definition) is 1. The number of rotatable bonds is 6. The summed E-state index contributed by atoms with van der Waals surface area (Å²) in [6.45, 7) is 8.29. The fraction of sp³-hybridized carbons (Fsp3) is 0.462. The van der Waals surface area contributed by atoms with E-state index in [0.29, 0.717) is 6.54 Å². The van der Waals surface area contributed by atoms with E-state index in [4.69, 9.17) is 0 Å². The highest BCUT2D eigenvalue weighted by Gasteiger charge is 2.05. The van der Waals surface area contributed by atoms with Crippen LogP contribution in [0.1, 0.15) is 11.8 Å². The fourth-order valence-electron chi connectivity index (χ4n) is 1.46. The van der Waals surface area contributed by atoms with Crippen molar-refractivity contribution >= 4 is 41.3 Å². The summed E-state index contributed by atoms with van der Waals surface area (Å²) in [5.74, 6) is 0.948. The zero-order valence-corrected chi connectivity index (χ0v) is 14.2. The van der Waals surface area contributed by atoms with Crippen LogP contribution in [0, 0.1) is 0 Å². The van der Waals surface area contributed by atoms with E-state index in [9.17, 15) is 0 Å². The molecule has 0 bridgehead atoms. The zero-order valence-electron chi connectivity index (χ0n) is 11.1. The number of thiophene rings is 1. The average Bonchev–Trinajstić information content (AvgIpc) is 2.84. The minimum absolute atomic E-state index is 0. The fourth-order valence-corrected chi connectivity index (χ4v) is 2.16. The van der Waals surface area contributed by atoms with Crippen LogP contribution in [0.2, 0.25) is 0 Å². The first kappa shape index (κ1) is 17.4. The van der Waals surface area contributed by atoms with Gasteiger partial charge in [0.1, 0.15) is 0 Å². The molecule has 102 valence electrons. The van der Waals surface area contributed by atoms with Crippen LogP contribution in [0.15, 0.2) is 35.2 Å². The minimum Gasteiger partial charge on any atom is -0.357 e. The molecule has 3 nitrogen and oxygen atoms in total. The lowest BCUT2D eigenvalue weighted by Crippen LogP contribution is -2.39. The van der Waals surface area contributed by atoms with Gasteiger partial charge in [-0.05, 0) is 24.8 Å². The number of nitrogens with one attached hydrogen (secondary N) is 1. The summed E-state index contributed by atoms with van der Waals surface area (Å²) in [5, 5.41) is 5.40. The second kappa shape index (κ2) is 10.4. The molecule has 0 amide bonds. The number of nitrogens with zero attached hydrogens (tertiary/aromatic N) is 2. The van der Waals surface area contributed by atoms with Crippen molar-refractivity contribution in [3.05, 3.63) is 35.0 Å². The molecule has 18 heavy (non-hydrogen) atoms. The Hall–Kier alpha value is -0.560. The summed E-state index contributed by atoms with van der Waals surface area (Å²) in [7, 11) is 2.07. The molecule has 1 rings (SSSR count). The molecule has 0 unspecified atom stereocenters. The van der Waals surface area contributed by atoms with Crippen LogP contribution in [0.4, 0.5) is 0 Å². The third-order valence-corrected chi connectivity index (χ3v) is 3.28. The predicted octanol–water partition coefficient (Wildman–Crippen LogP) is 2.99.